The van der Waals surface area contributed by atoms with Gasteiger partial charge in [-0.2, -0.15) is 0 Å². The molecule has 0 radical (unpaired) electrons. The molecule has 1 fully saturated rings. The summed E-state index contributed by atoms with van der Waals surface area (Å²) in [7, 11) is 1.04. The van der Waals surface area contributed by atoms with Crippen molar-refractivity contribution in [3.8, 4) is 17.6 Å². The van der Waals surface area contributed by atoms with Crippen LogP contribution in [0.3, 0.4) is 0 Å². The molecule has 1 aliphatic rings. The molecule has 0 N–H and O–H groups in total. The molecule has 0 amide bonds. The van der Waals surface area contributed by atoms with Crippen molar-refractivity contribution in [2.24, 2.45) is 11.8 Å². The molecule has 0 bridgehead atoms. The molecule has 12 heteroatoms. The highest BCUT2D eigenvalue weighted by Crippen LogP contribution is 2.40. The zero-order valence-corrected chi connectivity index (χ0v) is 41.3. The molecule has 2 heterocycles. The van der Waals surface area contributed by atoms with Crippen LogP contribution in [0.1, 0.15) is 128 Å². The Hall–Kier alpha value is -4.51. The third-order valence-corrected chi connectivity index (χ3v) is 16.9. The van der Waals surface area contributed by atoms with Gasteiger partial charge in [0.15, 0.2) is 20.5 Å². The Morgan fingerprint density at radius 3 is 2.31 bits per heavy atom. The molecular weight excluding hydrogens is 827 g/mol. The first kappa shape index (κ1) is 52.1. The number of oxazole rings is 1. The molecule has 3 aromatic rings. The summed E-state index contributed by atoms with van der Waals surface area (Å²) in [5, 5.41) is -0.0320. The fourth-order valence-corrected chi connectivity index (χ4v) is 8.69. The predicted molar refractivity (Wildman–Crippen MR) is 253 cm³/mol. The Kier molecular flexibility index (Phi) is 20.1. The van der Waals surface area contributed by atoms with E-state index in [1.54, 1.807) is 51.5 Å². The number of aromatic nitrogens is 1. The molecule has 9 atom stereocenters. The van der Waals surface area contributed by atoms with E-state index in [0.29, 0.717) is 36.6 Å². The fraction of sp³-hybridized carbons (Fsp3) is 0.558. The van der Waals surface area contributed by atoms with Gasteiger partial charge >= 0.3 is 11.9 Å². The van der Waals surface area contributed by atoms with Crippen molar-refractivity contribution in [3.63, 3.8) is 0 Å². The lowest BCUT2D eigenvalue weighted by atomic mass is 9.87. The van der Waals surface area contributed by atoms with Crippen LogP contribution in [0.15, 0.2) is 83.5 Å². The smallest absolute Gasteiger partial charge is 0.339 e. The van der Waals surface area contributed by atoms with Gasteiger partial charge in [0.2, 0.25) is 5.89 Å². The lowest BCUT2D eigenvalue weighted by molar-refractivity contribution is -0.155. The summed E-state index contributed by atoms with van der Waals surface area (Å²) in [6.07, 6.45) is 6.73. The van der Waals surface area contributed by atoms with E-state index in [1.165, 1.54) is 6.26 Å². The molecule has 11 nitrogen and oxygen atoms in total. The second kappa shape index (κ2) is 24.7. The lowest BCUT2D eigenvalue weighted by Crippen LogP contribution is -2.48. The number of ether oxygens (including phenoxy) is 6. The van der Waals surface area contributed by atoms with Gasteiger partial charge in [0, 0.05) is 19.6 Å². The normalized spacial score (nSPS) is 19.8. The van der Waals surface area contributed by atoms with Crippen molar-refractivity contribution < 1.29 is 46.9 Å². The SMILES string of the molecule is C=CC[C@@H]1C[C@H](OCc2ccc(OC)cc2)C[C@H](C[C@H](O[Si](C)(C)C(C)(C)C)[C@@H](C)C[C@H](C)C(=O)O[C@@H](CC#CC(C)OC(=O)c2ccccc2)c2coc(/C=C(/C)[C@@H](C)OC)n2)O1. The van der Waals surface area contributed by atoms with Crippen molar-refractivity contribution >= 4 is 26.3 Å². The quantitative estimate of drug-likeness (QED) is 0.0414. The molecule has 0 spiro atoms. The summed E-state index contributed by atoms with van der Waals surface area (Å²) in [6.45, 7) is 25.4. The first-order valence-corrected chi connectivity index (χ1v) is 25.5. The summed E-state index contributed by atoms with van der Waals surface area (Å²) in [5.41, 5.74) is 2.86. The molecule has 0 aliphatic carbocycles. The second-order valence-electron chi connectivity index (χ2n) is 18.7. The number of carbonyl (C=O) groups excluding carboxylic acids is 2. The Bertz CT molecular complexity index is 2010. The van der Waals surface area contributed by atoms with Gasteiger partial charge in [0.05, 0.1) is 62.1 Å². The average Bonchev–Trinajstić information content (AvgIpc) is 3.72. The molecule has 350 valence electrons. The minimum Gasteiger partial charge on any atom is -0.497 e. The monoisotopic (exact) mass is 900 g/mol. The highest BCUT2D eigenvalue weighted by atomic mass is 28.4. The predicted octanol–water partition coefficient (Wildman–Crippen LogP) is 11.5. The Balaban J connectivity index is 1.51. The minimum atomic E-state index is -2.26. The van der Waals surface area contributed by atoms with Gasteiger partial charge in [-0.15, -0.1) is 6.58 Å². The maximum Gasteiger partial charge on any atom is 0.339 e. The summed E-state index contributed by atoms with van der Waals surface area (Å²) in [6, 6.07) is 16.7. The van der Waals surface area contributed by atoms with Crippen LogP contribution in [0, 0.1) is 23.7 Å². The van der Waals surface area contributed by atoms with E-state index < -0.39 is 32.4 Å². The van der Waals surface area contributed by atoms with Crippen LogP contribution in [0.5, 0.6) is 5.75 Å². The average molecular weight is 900 g/mol. The van der Waals surface area contributed by atoms with E-state index in [0.717, 1.165) is 36.1 Å². The van der Waals surface area contributed by atoms with Gasteiger partial charge < -0.3 is 37.3 Å². The molecule has 64 heavy (non-hydrogen) atoms. The Morgan fingerprint density at radius 2 is 1.67 bits per heavy atom. The van der Waals surface area contributed by atoms with Gasteiger partial charge in [-0.1, -0.05) is 82.9 Å². The highest BCUT2D eigenvalue weighted by Gasteiger charge is 2.42. The molecule has 1 saturated heterocycles. The summed E-state index contributed by atoms with van der Waals surface area (Å²) < 4.78 is 48.8. The number of carbonyl (C=O) groups is 2. The third-order valence-electron chi connectivity index (χ3n) is 12.4. The van der Waals surface area contributed by atoms with Gasteiger partial charge in [0.25, 0.3) is 0 Å². The molecule has 4 rings (SSSR count). The number of benzene rings is 2. The van der Waals surface area contributed by atoms with Crippen LogP contribution < -0.4 is 4.74 Å². The number of hydrogen-bond donors (Lipinski definition) is 0. The first-order valence-electron chi connectivity index (χ1n) is 22.6. The van der Waals surface area contributed by atoms with Gasteiger partial charge in [-0.25, -0.2) is 9.78 Å². The molecule has 1 unspecified atom stereocenters. The second-order valence-corrected chi connectivity index (χ2v) is 23.4. The first-order chi connectivity index (χ1) is 30.3. The molecule has 0 saturated carbocycles. The highest BCUT2D eigenvalue weighted by molar-refractivity contribution is 6.74. The number of nitrogens with zero attached hydrogens (tertiary/aromatic N) is 1. The van der Waals surface area contributed by atoms with Crippen LogP contribution in [0.4, 0.5) is 0 Å². The van der Waals surface area contributed by atoms with E-state index in [4.69, 9.17) is 37.3 Å². The number of methoxy groups -OCH3 is 2. The zero-order chi connectivity index (χ0) is 47.0. The third kappa shape index (κ3) is 16.2. The summed E-state index contributed by atoms with van der Waals surface area (Å²) in [5.74, 6) is 5.87. The summed E-state index contributed by atoms with van der Waals surface area (Å²) in [4.78, 5) is 31.4. The fourth-order valence-electron chi connectivity index (χ4n) is 7.25. The van der Waals surface area contributed by atoms with Gasteiger partial charge in [0.1, 0.15) is 17.7 Å². The molecule has 1 aromatic heterocycles. The van der Waals surface area contributed by atoms with Crippen LogP contribution in [-0.2, 0) is 39.5 Å². The molecular formula is C52H73NO10Si. The van der Waals surface area contributed by atoms with Crippen molar-refractivity contribution in [3.05, 3.63) is 102 Å². The molecule has 1 aliphatic heterocycles. The summed E-state index contributed by atoms with van der Waals surface area (Å²) >= 11 is 0. The minimum absolute atomic E-state index is 0.00212. The van der Waals surface area contributed by atoms with Gasteiger partial charge in [-0.05, 0) is 106 Å². The Labute approximate surface area is 383 Å². The standard InChI is InChI=1S/C52H73NO10Si/c1-14-19-43-30-44(58-33-40-24-26-42(57-11)27-25-40)31-45(61-43)32-48(63-64(12,13)52(7,8)9)36(3)28-37(4)50(54)62-47(46-34-59-49(53-46)29-35(2)39(6)56-10)23-18-20-38(5)60-51(55)41-21-16-15-17-22-41/h14-17,21-22,24-27,29,34,36-39,43-45,47-48H,1,19,23,28,30-33H2,2-13H3/b35-29-/t36-,37-,38?,39+,43+,44-,45+,47-,48-/m0/s1. The number of hydrogen-bond acceptors (Lipinski definition) is 11. The molecule has 2 aromatic carbocycles. The topological polar surface area (TPSA) is 125 Å². The van der Waals surface area contributed by atoms with Gasteiger partial charge in [-0.3, -0.25) is 4.79 Å². The van der Waals surface area contributed by atoms with Crippen LogP contribution in [0.25, 0.3) is 6.08 Å². The van der Waals surface area contributed by atoms with Crippen LogP contribution >= 0.6 is 0 Å². The Morgan fingerprint density at radius 1 is 0.984 bits per heavy atom. The van der Waals surface area contributed by atoms with E-state index in [1.807, 2.05) is 57.2 Å². The van der Waals surface area contributed by atoms with Crippen LogP contribution in [-0.4, -0.2) is 76.1 Å². The van der Waals surface area contributed by atoms with E-state index in [-0.39, 0.29) is 53.9 Å². The van der Waals surface area contributed by atoms with E-state index >= 15 is 0 Å². The van der Waals surface area contributed by atoms with E-state index in [9.17, 15) is 9.59 Å². The zero-order valence-electron chi connectivity index (χ0n) is 40.3. The van der Waals surface area contributed by atoms with Crippen molar-refractivity contribution in [1.82, 2.24) is 4.98 Å². The number of rotatable bonds is 22. The lowest BCUT2D eigenvalue weighted by Gasteiger charge is -2.43. The van der Waals surface area contributed by atoms with Crippen molar-refractivity contribution in [1.29, 1.82) is 0 Å². The number of esters is 2. The maximum atomic E-state index is 14.1. The van der Waals surface area contributed by atoms with Crippen LogP contribution in [0.2, 0.25) is 18.1 Å². The van der Waals surface area contributed by atoms with Crippen molar-refractivity contribution in [2.45, 2.75) is 161 Å². The maximum absolute atomic E-state index is 14.1. The largest absolute Gasteiger partial charge is 0.497 e. The van der Waals surface area contributed by atoms with E-state index in [2.05, 4.69) is 64.2 Å². The van der Waals surface area contributed by atoms with Crippen molar-refractivity contribution in [2.75, 3.05) is 14.2 Å².